The van der Waals surface area contributed by atoms with E-state index in [1.807, 2.05) is 0 Å². The Morgan fingerprint density at radius 2 is 1.92 bits per heavy atom. The Kier molecular flexibility index (Phi) is 6.19. The van der Waals surface area contributed by atoms with Crippen LogP contribution >= 0.6 is 23.2 Å². The zero-order chi connectivity index (χ0) is 19.5. The number of nitro benzene ring substituents is 1. The number of non-ortho nitro benzene ring substituents is 1. The van der Waals surface area contributed by atoms with Crippen LogP contribution in [0.25, 0.3) is 0 Å². The van der Waals surface area contributed by atoms with E-state index in [9.17, 15) is 23.3 Å². The molecule has 2 aromatic rings. The summed E-state index contributed by atoms with van der Waals surface area (Å²) in [6.07, 6.45) is -0.626. The number of nitrogens with zero attached hydrogens (tertiary/aromatic N) is 1. The van der Waals surface area contributed by atoms with E-state index in [1.165, 1.54) is 30.3 Å². The second-order valence-corrected chi connectivity index (χ2v) is 7.72. The van der Waals surface area contributed by atoms with Crippen LogP contribution in [0.1, 0.15) is 18.0 Å². The van der Waals surface area contributed by atoms with E-state index in [1.54, 1.807) is 0 Å². The van der Waals surface area contributed by atoms with E-state index in [0.29, 0.717) is 0 Å². The van der Waals surface area contributed by atoms with Crippen LogP contribution in [0, 0.1) is 10.1 Å². The monoisotopic (exact) mass is 418 g/mol. The number of aliphatic carboxylic acids is 1. The number of benzene rings is 2. The van der Waals surface area contributed by atoms with E-state index in [4.69, 9.17) is 28.3 Å². The Balaban J connectivity index is 2.45. The lowest BCUT2D eigenvalue weighted by Crippen LogP contribution is -2.30. The maximum Gasteiger partial charge on any atom is 0.305 e. The number of rotatable bonds is 7. The van der Waals surface area contributed by atoms with Crippen molar-refractivity contribution in [1.82, 2.24) is 4.72 Å². The second kappa shape index (κ2) is 8.00. The maximum absolute atomic E-state index is 12.6. The molecular formula is C15H12Cl2N2O6S. The highest BCUT2D eigenvalue weighted by molar-refractivity contribution is 7.89. The van der Waals surface area contributed by atoms with Crippen molar-refractivity contribution in [3.8, 4) is 0 Å². The van der Waals surface area contributed by atoms with E-state index in [2.05, 4.69) is 4.72 Å². The fraction of sp³-hybridized carbons (Fsp3) is 0.133. The molecule has 0 aliphatic carbocycles. The normalized spacial score (nSPS) is 12.5. The molecule has 0 radical (unpaired) electrons. The first-order valence-electron chi connectivity index (χ1n) is 7.03. The summed E-state index contributed by atoms with van der Waals surface area (Å²) >= 11 is 11.7. The molecule has 0 heterocycles. The van der Waals surface area contributed by atoms with Gasteiger partial charge in [-0.2, -0.15) is 0 Å². The van der Waals surface area contributed by atoms with Gasteiger partial charge in [0.1, 0.15) is 4.90 Å². The first-order chi connectivity index (χ1) is 12.1. The molecule has 2 rings (SSSR count). The van der Waals surface area contributed by atoms with Gasteiger partial charge in [-0.15, -0.1) is 0 Å². The molecule has 26 heavy (non-hydrogen) atoms. The fourth-order valence-corrected chi connectivity index (χ4v) is 4.18. The van der Waals surface area contributed by atoms with Crippen LogP contribution in [-0.2, 0) is 14.8 Å². The van der Waals surface area contributed by atoms with Crippen molar-refractivity contribution in [3.63, 3.8) is 0 Å². The van der Waals surface area contributed by atoms with Crippen molar-refractivity contribution < 1.29 is 23.2 Å². The van der Waals surface area contributed by atoms with Gasteiger partial charge in [0, 0.05) is 17.2 Å². The lowest BCUT2D eigenvalue weighted by Gasteiger charge is -2.18. The van der Waals surface area contributed by atoms with Gasteiger partial charge in [0.2, 0.25) is 10.0 Å². The van der Waals surface area contributed by atoms with Crippen LogP contribution < -0.4 is 4.72 Å². The van der Waals surface area contributed by atoms with Gasteiger partial charge in [0.05, 0.1) is 22.4 Å². The molecule has 2 N–H and O–H groups in total. The van der Waals surface area contributed by atoms with Gasteiger partial charge in [-0.3, -0.25) is 14.9 Å². The van der Waals surface area contributed by atoms with Crippen LogP contribution in [0.3, 0.4) is 0 Å². The summed E-state index contributed by atoms with van der Waals surface area (Å²) in [6, 6.07) is 7.62. The van der Waals surface area contributed by atoms with E-state index >= 15 is 0 Å². The van der Waals surface area contributed by atoms with E-state index in [-0.39, 0.29) is 26.2 Å². The Morgan fingerprint density at radius 1 is 1.23 bits per heavy atom. The maximum atomic E-state index is 12.6. The highest BCUT2D eigenvalue weighted by atomic mass is 35.5. The summed E-state index contributed by atoms with van der Waals surface area (Å²) in [5, 5.41) is 20.0. The number of carboxylic acids is 1. The van der Waals surface area contributed by atoms with Crippen LogP contribution in [0.5, 0.6) is 0 Å². The number of halogens is 2. The van der Waals surface area contributed by atoms with Crippen molar-refractivity contribution in [1.29, 1.82) is 0 Å². The molecule has 0 fully saturated rings. The average Bonchev–Trinajstić information content (AvgIpc) is 2.56. The van der Waals surface area contributed by atoms with E-state index in [0.717, 1.165) is 12.1 Å². The summed E-state index contributed by atoms with van der Waals surface area (Å²) < 4.78 is 27.4. The first kappa shape index (κ1) is 20.1. The molecule has 0 aromatic heterocycles. The third-order valence-corrected chi connectivity index (χ3v) is 5.53. The van der Waals surface area contributed by atoms with Gasteiger partial charge in [-0.05, 0) is 23.8 Å². The van der Waals surface area contributed by atoms with Crippen molar-refractivity contribution >= 4 is 44.9 Å². The van der Waals surface area contributed by atoms with E-state index < -0.39 is 33.4 Å². The molecule has 0 aliphatic heterocycles. The summed E-state index contributed by atoms with van der Waals surface area (Å²) in [4.78, 5) is 21.0. The Bertz CT molecular complexity index is 964. The molecule has 2 aromatic carbocycles. The first-order valence-corrected chi connectivity index (χ1v) is 9.27. The molecule has 0 saturated carbocycles. The second-order valence-electron chi connectivity index (χ2n) is 5.20. The molecule has 0 amide bonds. The summed E-state index contributed by atoms with van der Waals surface area (Å²) in [5.74, 6) is -1.29. The van der Waals surface area contributed by atoms with Crippen molar-refractivity contribution in [3.05, 3.63) is 68.2 Å². The Labute approximate surface area is 158 Å². The molecule has 0 unspecified atom stereocenters. The van der Waals surface area contributed by atoms with Gasteiger partial charge in [0.25, 0.3) is 5.69 Å². The van der Waals surface area contributed by atoms with Gasteiger partial charge in [0.15, 0.2) is 0 Å². The molecular weight excluding hydrogens is 407 g/mol. The summed E-state index contributed by atoms with van der Waals surface area (Å²) in [5.41, 5.74) is -0.166. The number of carbonyl (C=O) groups is 1. The van der Waals surface area contributed by atoms with Crippen molar-refractivity contribution in [2.45, 2.75) is 17.4 Å². The smallest absolute Gasteiger partial charge is 0.305 e. The highest BCUT2D eigenvalue weighted by Gasteiger charge is 2.26. The summed E-state index contributed by atoms with van der Waals surface area (Å²) in [7, 11) is -4.24. The SMILES string of the molecule is O=C(O)C[C@H](NS(=O)(=O)c1cc(Cl)ccc1Cl)c1cccc([N+](=O)[O-])c1. The number of hydrogen-bond acceptors (Lipinski definition) is 5. The van der Waals surface area contributed by atoms with Gasteiger partial charge >= 0.3 is 5.97 Å². The predicted molar refractivity (Wildman–Crippen MR) is 94.9 cm³/mol. The number of hydrogen-bond donors (Lipinski definition) is 2. The van der Waals surface area contributed by atoms with Crippen LogP contribution in [0.2, 0.25) is 10.0 Å². The Morgan fingerprint density at radius 3 is 2.54 bits per heavy atom. The molecule has 0 bridgehead atoms. The van der Waals surface area contributed by atoms with Crippen molar-refractivity contribution in [2.24, 2.45) is 0 Å². The minimum absolute atomic E-state index is 0.102. The molecule has 11 heteroatoms. The van der Waals surface area contributed by atoms with Gasteiger partial charge < -0.3 is 5.11 Å². The lowest BCUT2D eigenvalue weighted by molar-refractivity contribution is -0.384. The number of nitro groups is 1. The molecule has 1 atom stereocenters. The van der Waals surface area contributed by atoms with Gasteiger partial charge in [-0.25, -0.2) is 13.1 Å². The lowest BCUT2D eigenvalue weighted by atomic mass is 10.0. The third kappa shape index (κ3) is 4.92. The third-order valence-electron chi connectivity index (χ3n) is 3.34. The fourth-order valence-electron chi connectivity index (χ4n) is 2.19. The zero-order valence-corrected chi connectivity index (χ0v) is 15.3. The van der Waals surface area contributed by atoms with Crippen molar-refractivity contribution in [2.75, 3.05) is 0 Å². The number of nitrogens with one attached hydrogen (secondary N) is 1. The van der Waals surface area contributed by atoms with Gasteiger partial charge in [-0.1, -0.05) is 35.3 Å². The molecule has 138 valence electrons. The van der Waals surface area contributed by atoms with Crippen LogP contribution in [0.4, 0.5) is 5.69 Å². The molecule has 0 saturated heterocycles. The minimum atomic E-state index is -4.24. The highest BCUT2D eigenvalue weighted by Crippen LogP contribution is 2.28. The number of carboxylic acid groups (broad SMARTS) is 1. The zero-order valence-electron chi connectivity index (χ0n) is 12.9. The topological polar surface area (TPSA) is 127 Å². The summed E-state index contributed by atoms with van der Waals surface area (Å²) in [6.45, 7) is 0. The predicted octanol–water partition coefficient (Wildman–Crippen LogP) is 3.40. The quantitative estimate of drug-likeness (QED) is 0.523. The molecule has 8 nitrogen and oxygen atoms in total. The minimum Gasteiger partial charge on any atom is -0.481 e. The number of sulfonamides is 1. The van der Waals surface area contributed by atoms with Crippen LogP contribution in [0.15, 0.2) is 47.4 Å². The Hall–Kier alpha value is -2.20. The molecule has 0 spiro atoms. The largest absolute Gasteiger partial charge is 0.481 e. The molecule has 0 aliphatic rings. The van der Waals surface area contributed by atoms with Crippen LogP contribution in [-0.4, -0.2) is 24.4 Å². The standard InChI is InChI=1S/C15H12Cl2N2O6S/c16-10-4-5-12(17)14(7-10)26(24,25)18-13(8-15(20)21)9-2-1-3-11(6-9)19(22)23/h1-7,13,18H,8H2,(H,20,21)/t13-/m0/s1. The average molecular weight is 419 g/mol.